The Kier molecular flexibility index (Phi) is 7.77. The summed E-state index contributed by atoms with van der Waals surface area (Å²) in [4.78, 5) is 1.14. The number of halogens is 3. The number of hydrogen-bond donors (Lipinski definition) is 2. The van der Waals surface area contributed by atoms with Gasteiger partial charge in [0.05, 0.1) is 6.61 Å². The van der Waals surface area contributed by atoms with Crippen LogP contribution in [0, 0.1) is 5.92 Å². The van der Waals surface area contributed by atoms with Gasteiger partial charge in [0.1, 0.15) is 6.04 Å². The Balaban J connectivity index is 2.23. The Bertz CT molecular complexity index is 699. The summed E-state index contributed by atoms with van der Waals surface area (Å²) >= 11 is 1.64. The molecule has 27 heavy (non-hydrogen) atoms. The van der Waals surface area contributed by atoms with Crippen LogP contribution in [-0.4, -0.2) is 30.2 Å². The van der Waals surface area contributed by atoms with Gasteiger partial charge in [-0.25, -0.2) is 0 Å². The molecule has 0 radical (unpaired) electrons. The van der Waals surface area contributed by atoms with E-state index in [1.807, 2.05) is 44.4 Å². The molecule has 2 rings (SSSR count). The summed E-state index contributed by atoms with van der Waals surface area (Å²) in [6.45, 7) is 3.51. The lowest BCUT2D eigenvalue weighted by atomic mass is 9.98. The molecule has 0 unspecified atom stereocenters. The second-order valence-corrected chi connectivity index (χ2v) is 7.88. The Hall–Kier alpha value is -1.50. The van der Waals surface area contributed by atoms with Gasteiger partial charge in [-0.1, -0.05) is 50.2 Å². The van der Waals surface area contributed by atoms with Gasteiger partial charge in [0.2, 0.25) is 0 Å². The lowest BCUT2D eigenvalue weighted by molar-refractivity contribution is -0.160. The lowest BCUT2D eigenvalue weighted by Crippen LogP contribution is -2.43. The van der Waals surface area contributed by atoms with Gasteiger partial charge in [-0.3, -0.25) is 5.32 Å². The molecule has 6 heteroatoms. The zero-order valence-corrected chi connectivity index (χ0v) is 16.6. The summed E-state index contributed by atoms with van der Waals surface area (Å²) in [6, 6.07) is 11.9. The van der Waals surface area contributed by atoms with E-state index in [4.69, 9.17) is 0 Å². The SMILES string of the molecule is CSc1ccc(-c2ccc([C@H](N[C@H](CO)CC(C)C)C(F)(F)F)cc2)cc1. The van der Waals surface area contributed by atoms with E-state index in [0.717, 1.165) is 16.0 Å². The van der Waals surface area contributed by atoms with Crippen LogP contribution < -0.4 is 5.32 Å². The van der Waals surface area contributed by atoms with Crippen LogP contribution in [0.3, 0.4) is 0 Å². The van der Waals surface area contributed by atoms with E-state index in [1.54, 1.807) is 23.9 Å². The maximum atomic E-state index is 13.6. The van der Waals surface area contributed by atoms with E-state index in [-0.39, 0.29) is 18.1 Å². The molecule has 2 aromatic rings. The van der Waals surface area contributed by atoms with Crippen molar-refractivity contribution in [2.45, 2.75) is 43.4 Å². The summed E-state index contributed by atoms with van der Waals surface area (Å²) in [5.41, 5.74) is 1.98. The van der Waals surface area contributed by atoms with Crippen molar-refractivity contribution < 1.29 is 18.3 Å². The lowest BCUT2D eigenvalue weighted by Gasteiger charge is -2.28. The smallest absolute Gasteiger partial charge is 0.395 e. The molecule has 0 heterocycles. The minimum Gasteiger partial charge on any atom is -0.395 e. The molecule has 2 N–H and O–H groups in total. The van der Waals surface area contributed by atoms with Crippen molar-refractivity contribution in [2.24, 2.45) is 5.92 Å². The summed E-state index contributed by atoms with van der Waals surface area (Å²) < 4.78 is 40.8. The van der Waals surface area contributed by atoms with Crippen LogP contribution >= 0.6 is 11.8 Å². The number of aliphatic hydroxyl groups excluding tert-OH is 1. The van der Waals surface area contributed by atoms with Crippen molar-refractivity contribution >= 4 is 11.8 Å². The van der Waals surface area contributed by atoms with Crippen LogP contribution in [0.2, 0.25) is 0 Å². The summed E-state index contributed by atoms with van der Waals surface area (Å²) in [5, 5.41) is 12.0. The van der Waals surface area contributed by atoms with Crippen LogP contribution in [0.25, 0.3) is 11.1 Å². The third-order valence-corrected chi connectivity index (χ3v) is 5.12. The average molecular weight is 398 g/mol. The zero-order valence-electron chi connectivity index (χ0n) is 15.8. The molecular formula is C21H26F3NOS. The van der Waals surface area contributed by atoms with E-state index in [1.165, 1.54) is 12.1 Å². The maximum Gasteiger partial charge on any atom is 0.407 e. The number of rotatable bonds is 8. The fourth-order valence-corrected chi connectivity index (χ4v) is 3.44. The van der Waals surface area contributed by atoms with Gasteiger partial charge >= 0.3 is 6.18 Å². The Morgan fingerprint density at radius 2 is 1.48 bits per heavy atom. The molecule has 0 aliphatic carbocycles. The van der Waals surface area contributed by atoms with Crippen LogP contribution in [0.4, 0.5) is 13.2 Å². The van der Waals surface area contributed by atoms with Crippen molar-refractivity contribution in [1.29, 1.82) is 0 Å². The van der Waals surface area contributed by atoms with Crippen molar-refractivity contribution in [3.05, 3.63) is 54.1 Å². The first-order valence-corrected chi connectivity index (χ1v) is 10.1. The molecule has 0 aliphatic heterocycles. The maximum absolute atomic E-state index is 13.6. The second kappa shape index (κ2) is 9.62. The summed E-state index contributed by atoms with van der Waals surface area (Å²) in [5.74, 6) is 0.190. The predicted octanol–water partition coefficient (Wildman–Crippen LogP) is 5.68. The molecule has 0 aromatic heterocycles. The highest BCUT2D eigenvalue weighted by atomic mass is 32.2. The standard InChI is InChI=1S/C21H26F3NOS/c1-14(2)12-18(13-26)25-20(21(22,23)24)17-6-4-15(5-7-17)16-8-10-19(27-3)11-9-16/h4-11,14,18,20,25-26H,12-13H2,1-3H3/t18-,20-/m0/s1. The number of nitrogens with one attached hydrogen (secondary N) is 1. The molecule has 0 aliphatic rings. The van der Waals surface area contributed by atoms with Crippen LogP contribution in [0.5, 0.6) is 0 Å². The van der Waals surface area contributed by atoms with Gasteiger partial charge in [0.25, 0.3) is 0 Å². The minimum atomic E-state index is -4.44. The van der Waals surface area contributed by atoms with E-state index >= 15 is 0 Å². The van der Waals surface area contributed by atoms with Crippen molar-refractivity contribution in [3.63, 3.8) is 0 Å². The van der Waals surface area contributed by atoms with E-state index in [0.29, 0.717) is 6.42 Å². The largest absolute Gasteiger partial charge is 0.407 e. The third-order valence-electron chi connectivity index (χ3n) is 4.37. The molecule has 0 fully saturated rings. The molecule has 148 valence electrons. The summed E-state index contributed by atoms with van der Waals surface area (Å²) in [6.07, 6.45) is -1.97. The number of alkyl halides is 3. The molecule has 0 amide bonds. The first-order valence-electron chi connectivity index (χ1n) is 8.92. The monoisotopic (exact) mass is 397 g/mol. The number of thioether (sulfide) groups is 1. The summed E-state index contributed by atoms with van der Waals surface area (Å²) in [7, 11) is 0. The highest BCUT2D eigenvalue weighted by Gasteiger charge is 2.41. The highest BCUT2D eigenvalue weighted by Crippen LogP contribution is 2.34. The quantitative estimate of drug-likeness (QED) is 0.563. The van der Waals surface area contributed by atoms with Gasteiger partial charge in [-0.15, -0.1) is 11.8 Å². The van der Waals surface area contributed by atoms with Crippen molar-refractivity contribution in [2.75, 3.05) is 12.9 Å². The van der Waals surface area contributed by atoms with E-state index in [9.17, 15) is 18.3 Å². The molecule has 0 saturated heterocycles. The second-order valence-electron chi connectivity index (χ2n) is 7.00. The van der Waals surface area contributed by atoms with Crippen molar-refractivity contribution in [1.82, 2.24) is 5.32 Å². The molecule has 2 aromatic carbocycles. The molecule has 0 saturated carbocycles. The molecule has 0 bridgehead atoms. The molecular weight excluding hydrogens is 371 g/mol. The normalized spacial score (nSPS) is 14.4. The number of hydrogen-bond acceptors (Lipinski definition) is 3. The van der Waals surface area contributed by atoms with Crippen molar-refractivity contribution in [3.8, 4) is 11.1 Å². The van der Waals surface area contributed by atoms with Gasteiger partial charge in [0, 0.05) is 10.9 Å². The van der Waals surface area contributed by atoms with Gasteiger partial charge in [-0.05, 0) is 47.4 Å². The van der Waals surface area contributed by atoms with E-state index < -0.39 is 18.3 Å². The fourth-order valence-electron chi connectivity index (χ4n) is 3.03. The Morgan fingerprint density at radius 3 is 1.89 bits per heavy atom. The first kappa shape index (κ1) is 21.8. The van der Waals surface area contributed by atoms with Gasteiger partial charge in [-0.2, -0.15) is 13.2 Å². The number of aliphatic hydroxyl groups is 1. The van der Waals surface area contributed by atoms with Gasteiger partial charge in [0.15, 0.2) is 0 Å². The topological polar surface area (TPSA) is 32.3 Å². The molecule has 2 nitrogen and oxygen atoms in total. The van der Waals surface area contributed by atoms with Crippen LogP contribution in [-0.2, 0) is 0 Å². The molecule has 0 spiro atoms. The Morgan fingerprint density at radius 1 is 0.963 bits per heavy atom. The zero-order chi connectivity index (χ0) is 20.0. The average Bonchev–Trinajstić information content (AvgIpc) is 2.64. The Labute approximate surface area is 163 Å². The fraction of sp³-hybridized carbons (Fsp3) is 0.429. The first-order chi connectivity index (χ1) is 12.7. The van der Waals surface area contributed by atoms with E-state index in [2.05, 4.69) is 5.32 Å². The predicted molar refractivity (Wildman–Crippen MR) is 106 cm³/mol. The molecule has 2 atom stereocenters. The number of benzene rings is 2. The van der Waals surface area contributed by atoms with Crippen LogP contribution in [0.15, 0.2) is 53.4 Å². The van der Waals surface area contributed by atoms with Gasteiger partial charge < -0.3 is 5.11 Å². The van der Waals surface area contributed by atoms with Crippen LogP contribution in [0.1, 0.15) is 31.9 Å². The third kappa shape index (κ3) is 6.26. The highest BCUT2D eigenvalue weighted by molar-refractivity contribution is 7.98. The minimum absolute atomic E-state index is 0.147.